The van der Waals surface area contributed by atoms with Crippen LogP contribution in [-0.4, -0.2) is 44.4 Å². The number of hydrogen-bond acceptors (Lipinski definition) is 2. The predicted molar refractivity (Wildman–Crippen MR) is 89.3 cm³/mol. The Morgan fingerprint density at radius 1 is 0.636 bits per heavy atom. The molecule has 6 rings (SSSR count). The van der Waals surface area contributed by atoms with Crippen LogP contribution in [-0.2, 0) is 4.79 Å². The second kappa shape index (κ2) is 3.10. The molecule has 0 radical (unpaired) electrons. The molecule has 6 fully saturated rings. The molecule has 0 saturated heterocycles. The van der Waals surface area contributed by atoms with E-state index in [0.29, 0.717) is 0 Å². The SMILES string of the molecule is NNC(=O)C12C3(Cl)C4(Cl)C(Cl)(Cl)C5(Cl)C3(Cl)C1(Cl)C5(Cl)C42Cl. The first-order chi connectivity index (χ1) is 9.73. The fourth-order valence-electron chi connectivity index (χ4n) is 6.30. The molecule has 3 nitrogen and oxygen atoms in total. The molecule has 2 bridgehead atoms. The molecule has 6 saturated carbocycles. The van der Waals surface area contributed by atoms with Crippen molar-refractivity contribution in [2.24, 2.45) is 11.3 Å². The Hall–Kier alpha value is 2.04. The van der Waals surface area contributed by atoms with E-state index in [2.05, 4.69) is 0 Å². The van der Waals surface area contributed by atoms with Crippen molar-refractivity contribution in [1.82, 2.24) is 5.43 Å². The second-order valence-corrected chi connectivity index (χ2v) is 11.7. The van der Waals surface area contributed by atoms with Gasteiger partial charge in [-0.15, -0.1) is 81.2 Å². The maximum atomic E-state index is 12.5. The summed E-state index contributed by atoms with van der Waals surface area (Å²) < 4.78 is -1.91. The number of hydrogen-bond donors (Lipinski definition) is 2. The molecule has 0 aromatic heterocycles. The Balaban J connectivity index is 1.96. The smallest absolute Gasteiger partial charge is 0.245 e. The van der Waals surface area contributed by atoms with Crippen LogP contribution >= 0.6 is 104 Å². The summed E-state index contributed by atoms with van der Waals surface area (Å²) in [5, 5.41) is 0. The van der Waals surface area contributed by atoms with E-state index in [9.17, 15) is 4.79 Å². The van der Waals surface area contributed by atoms with Crippen molar-refractivity contribution in [3.63, 3.8) is 0 Å². The molecular weight excluding hydrogens is 483 g/mol. The maximum Gasteiger partial charge on any atom is 0.245 e. The van der Waals surface area contributed by atoms with Crippen molar-refractivity contribution in [2.45, 2.75) is 38.5 Å². The van der Waals surface area contributed by atoms with Crippen molar-refractivity contribution in [1.29, 1.82) is 0 Å². The summed E-state index contributed by atoms with van der Waals surface area (Å²) in [5.41, 5.74) is 0.362. The average Bonchev–Trinajstić information content (AvgIpc) is 2.53. The number of nitrogens with two attached hydrogens (primary N) is 1. The van der Waals surface area contributed by atoms with Crippen molar-refractivity contribution < 1.29 is 4.79 Å². The van der Waals surface area contributed by atoms with E-state index >= 15 is 0 Å². The first-order valence-corrected chi connectivity index (χ1v) is 9.35. The summed E-state index contributed by atoms with van der Waals surface area (Å²) in [6, 6.07) is 0. The van der Waals surface area contributed by atoms with E-state index in [0.717, 1.165) is 0 Å². The Labute approximate surface area is 169 Å². The number of carbonyl (C=O) groups excluding carboxylic acids is 1. The Kier molecular flexibility index (Phi) is 2.29. The Bertz CT molecular complexity index is 710. The van der Waals surface area contributed by atoms with Crippen LogP contribution in [0.15, 0.2) is 0 Å². The van der Waals surface area contributed by atoms with Crippen LogP contribution in [0.4, 0.5) is 0 Å². The zero-order valence-electron chi connectivity index (χ0n) is 9.89. The van der Waals surface area contributed by atoms with Gasteiger partial charge in [-0.25, -0.2) is 5.84 Å². The zero-order chi connectivity index (χ0) is 16.8. The van der Waals surface area contributed by atoms with Gasteiger partial charge in [-0.2, -0.15) is 0 Å². The molecule has 12 heteroatoms. The first kappa shape index (κ1) is 16.2. The zero-order valence-corrected chi connectivity index (χ0v) is 16.7. The van der Waals surface area contributed by atoms with Crippen LogP contribution in [0, 0.1) is 5.41 Å². The van der Waals surface area contributed by atoms with Crippen LogP contribution in [0.1, 0.15) is 0 Å². The Morgan fingerprint density at radius 2 is 0.955 bits per heavy atom. The number of hydrazine groups is 1. The van der Waals surface area contributed by atoms with E-state index in [1.165, 1.54) is 0 Å². The van der Waals surface area contributed by atoms with E-state index in [1.807, 2.05) is 5.43 Å². The number of amides is 1. The normalized spacial score (nSPS) is 76.8. The molecule has 0 spiro atoms. The van der Waals surface area contributed by atoms with Crippen LogP contribution in [0.25, 0.3) is 0 Å². The topological polar surface area (TPSA) is 55.1 Å². The van der Waals surface area contributed by atoms with E-state index in [4.69, 9.17) is 110 Å². The number of rotatable bonds is 1. The van der Waals surface area contributed by atoms with Gasteiger partial charge >= 0.3 is 0 Å². The summed E-state index contributed by atoms with van der Waals surface area (Å²) in [6.07, 6.45) is 0. The molecule has 6 aliphatic rings. The molecular formula is C10H3Cl9N2O. The summed E-state index contributed by atoms with van der Waals surface area (Å²) in [4.78, 5) is 0.778. The van der Waals surface area contributed by atoms with E-state index in [1.54, 1.807) is 0 Å². The monoisotopic (exact) mass is 482 g/mol. The van der Waals surface area contributed by atoms with Crippen molar-refractivity contribution >= 4 is 110 Å². The summed E-state index contributed by atoms with van der Waals surface area (Å²) in [5.74, 6) is 4.53. The van der Waals surface area contributed by atoms with Gasteiger partial charge in [0.05, 0.1) is 0 Å². The lowest BCUT2D eigenvalue weighted by molar-refractivity contribution is -0.324. The van der Waals surface area contributed by atoms with Gasteiger partial charge in [0.1, 0.15) is 39.5 Å². The van der Waals surface area contributed by atoms with Crippen LogP contribution < -0.4 is 11.3 Å². The molecule has 22 heavy (non-hydrogen) atoms. The number of halogens is 9. The molecule has 122 valence electrons. The lowest BCUT2D eigenvalue weighted by atomic mass is 9.10. The van der Waals surface area contributed by atoms with Crippen LogP contribution in [0.3, 0.4) is 0 Å². The van der Waals surface area contributed by atoms with Gasteiger partial charge in [-0.1, -0.05) is 23.2 Å². The molecule has 0 aromatic rings. The quantitative estimate of drug-likeness (QED) is 0.259. The third kappa shape index (κ3) is 0.605. The number of carbonyl (C=O) groups is 1. The molecule has 0 aliphatic heterocycles. The Morgan fingerprint density at radius 3 is 1.32 bits per heavy atom. The molecule has 6 aliphatic carbocycles. The lowest BCUT2D eigenvalue weighted by Gasteiger charge is -3.04. The lowest BCUT2D eigenvalue weighted by Crippen LogP contribution is -3.26. The third-order valence-electron chi connectivity index (χ3n) is 6.68. The minimum atomic E-state index is -1.91. The summed E-state index contributed by atoms with van der Waals surface area (Å²) in [6.45, 7) is 0. The van der Waals surface area contributed by atoms with Crippen LogP contribution in [0.2, 0.25) is 0 Å². The van der Waals surface area contributed by atoms with Crippen molar-refractivity contribution in [3.8, 4) is 0 Å². The molecule has 0 aromatic carbocycles. The van der Waals surface area contributed by atoms with Gasteiger partial charge in [0.2, 0.25) is 5.91 Å². The fourth-order valence-corrected chi connectivity index (χ4v) is 14.5. The molecule has 4 atom stereocenters. The number of alkyl halides is 9. The number of nitrogens with one attached hydrogen (secondary N) is 1. The second-order valence-electron chi connectivity index (χ2n) is 6.41. The third-order valence-corrected chi connectivity index (χ3v) is 14.9. The molecule has 4 unspecified atom stereocenters. The highest BCUT2D eigenvalue weighted by molar-refractivity contribution is 6.79. The van der Waals surface area contributed by atoms with Crippen molar-refractivity contribution in [2.75, 3.05) is 0 Å². The first-order valence-electron chi connectivity index (χ1n) is 5.94. The molecule has 1 amide bonds. The minimum absolute atomic E-state index is 0.735. The van der Waals surface area contributed by atoms with Gasteiger partial charge in [0, 0.05) is 0 Å². The van der Waals surface area contributed by atoms with Gasteiger partial charge < -0.3 is 0 Å². The summed E-state index contributed by atoms with van der Waals surface area (Å²) in [7, 11) is 0. The molecule has 3 N–H and O–H groups in total. The van der Waals surface area contributed by atoms with Gasteiger partial charge in [-0.3, -0.25) is 10.2 Å². The largest absolute Gasteiger partial charge is 0.294 e. The average molecular weight is 486 g/mol. The van der Waals surface area contributed by atoms with Crippen molar-refractivity contribution in [3.05, 3.63) is 0 Å². The van der Waals surface area contributed by atoms with Gasteiger partial charge in [-0.05, 0) is 0 Å². The highest BCUT2D eigenvalue weighted by Crippen LogP contribution is 3.18. The van der Waals surface area contributed by atoms with Gasteiger partial charge in [0.25, 0.3) is 0 Å². The fraction of sp³-hybridized carbons (Fsp3) is 0.900. The summed E-state index contributed by atoms with van der Waals surface area (Å²) >= 11 is 59.7. The van der Waals surface area contributed by atoms with E-state index < -0.39 is 49.8 Å². The molecule has 0 heterocycles. The highest BCUT2D eigenvalue weighted by atomic mass is 35.5. The highest BCUT2D eigenvalue weighted by Gasteiger charge is 3.37. The van der Waals surface area contributed by atoms with E-state index in [-0.39, 0.29) is 0 Å². The van der Waals surface area contributed by atoms with Crippen LogP contribution in [0.5, 0.6) is 0 Å². The maximum absolute atomic E-state index is 12.5. The van der Waals surface area contributed by atoms with Gasteiger partial charge in [0.15, 0.2) is 4.33 Å². The standard InChI is InChI=1S/C10H3Cl9N2O/c11-3-2(1(22)21-20)4(12)6(3,14)9(17)7(3,15)5(2,13)8(4,16)10(9,18)19/h20H2,(H,21,22). The predicted octanol–water partition coefficient (Wildman–Crippen LogP) is 3.05. The minimum Gasteiger partial charge on any atom is -0.294 e.